The molecule has 0 saturated heterocycles. The van der Waals surface area contributed by atoms with Crippen LogP contribution in [0.4, 0.5) is 5.69 Å². The topological polar surface area (TPSA) is 64.8 Å². The summed E-state index contributed by atoms with van der Waals surface area (Å²) in [5.41, 5.74) is 3.57. The average Bonchev–Trinajstić information content (AvgIpc) is 3.00. The first kappa shape index (κ1) is 14.0. The zero-order chi connectivity index (χ0) is 16.0. The third-order valence-electron chi connectivity index (χ3n) is 4.52. The van der Waals surface area contributed by atoms with Crippen molar-refractivity contribution < 1.29 is 14.4 Å². The summed E-state index contributed by atoms with van der Waals surface area (Å²) < 4.78 is 11.0. The number of nitro benzene ring substituents is 1. The molecule has 0 spiro atoms. The van der Waals surface area contributed by atoms with Crippen molar-refractivity contribution in [2.75, 3.05) is 20.4 Å². The molecule has 2 aromatic carbocycles. The van der Waals surface area contributed by atoms with Crippen LogP contribution < -0.4 is 9.47 Å². The molecule has 0 saturated carbocycles. The molecule has 1 unspecified atom stereocenters. The van der Waals surface area contributed by atoms with E-state index in [4.69, 9.17) is 9.47 Å². The highest BCUT2D eigenvalue weighted by Gasteiger charge is 2.29. The van der Waals surface area contributed by atoms with Gasteiger partial charge < -0.3 is 9.47 Å². The fourth-order valence-electron chi connectivity index (χ4n) is 3.35. The molecule has 0 aromatic heterocycles. The summed E-state index contributed by atoms with van der Waals surface area (Å²) in [7, 11) is 2.07. The Bertz CT molecular complexity index is 773. The van der Waals surface area contributed by atoms with Crippen LogP contribution in [0.15, 0.2) is 36.4 Å². The van der Waals surface area contributed by atoms with Gasteiger partial charge in [0.25, 0.3) is 5.69 Å². The lowest BCUT2D eigenvalue weighted by Gasteiger charge is -2.35. The monoisotopic (exact) mass is 312 g/mol. The van der Waals surface area contributed by atoms with Gasteiger partial charge in [-0.05, 0) is 42.3 Å². The second-order valence-corrected chi connectivity index (χ2v) is 5.89. The van der Waals surface area contributed by atoms with E-state index in [9.17, 15) is 10.1 Å². The maximum Gasteiger partial charge on any atom is 0.269 e. The molecular formula is C17H16N2O4. The SMILES string of the molecule is CN1CCc2cc3c(cc2C1c1ccc([N+](=O)[O-])cc1)OCO3. The lowest BCUT2D eigenvalue weighted by atomic mass is 9.88. The summed E-state index contributed by atoms with van der Waals surface area (Å²) in [5.74, 6) is 1.57. The number of hydrogen-bond acceptors (Lipinski definition) is 5. The summed E-state index contributed by atoms with van der Waals surface area (Å²) in [4.78, 5) is 12.7. The Morgan fingerprint density at radius 3 is 2.57 bits per heavy atom. The third kappa shape index (κ3) is 2.31. The molecule has 0 radical (unpaired) electrons. The second-order valence-electron chi connectivity index (χ2n) is 5.89. The highest BCUT2D eigenvalue weighted by atomic mass is 16.7. The van der Waals surface area contributed by atoms with E-state index in [1.807, 2.05) is 18.2 Å². The molecule has 2 aromatic rings. The second kappa shape index (κ2) is 5.24. The maximum absolute atomic E-state index is 10.8. The smallest absolute Gasteiger partial charge is 0.269 e. The molecule has 23 heavy (non-hydrogen) atoms. The molecule has 0 fully saturated rings. The molecule has 2 heterocycles. The summed E-state index contributed by atoms with van der Waals surface area (Å²) >= 11 is 0. The van der Waals surface area contributed by atoms with Crippen LogP contribution in [0.1, 0.15) is 22.7 Å². The van der Waals surface area contributed by atoms with Crippen LogP contribution in [0, 0.1) is 10.1 Å². The molecule has 2 aliphatic heterocycles. The van der Waals surface area contributed by atoms with Gasteiger partial charge in [-0.3, -0.25) is 15.0 Å². The fourth-order valence-corrected chi connectivity index (χ4v) is 3.35. The number of nitrogens with zero attached hydrogens (tertiary/aromatic N) is 2. The maximum atomic E-state index is 10.8. The number of non-ortho nitro benzene ring substituents is 1. The van der Waals surface area contributed by atoms with Crippen LogP contribution in [0.2, 0.25) is 0 Å². The van der Waals surface area contributed by atoms with E-state index >= 15 is 0 Å². The van der Waals surface area contributed by atoms with Gasteiger partial charge in [-0.2, -0.15) is 0 Å². The van der Waals surface area contributed by atoms with Crippen LogP contribution in [-0.4, -0.2) is 30.2 Å². The van der Waals surface area contributed by atoms with Gasteiger partial charge in [0.05, 0.1) is 11.0 Å². The number of ether oxygens (including phenoxy) is 2. The Balaban J connectivity index is 1.78. The Morgan fingerprint density at radius 2 is 1.87 bits per heavy atom. The van der Waals surface area contributed by atoms with Gasteiger partial charge in [-0.25, -0.2) is 0 Å². The number of benzene rings is 2. The molecule has 6 heteroatoms. The normalized spacial score (nSPS) is 19.4. The van der Waals surface area contributed by atoms with Crippen molar-refractivity contribution in [2.24, 2.45) is 0 Å². The van der Waals surface area contributed by atoms with Gasteiger partial charge in [0, 0.05) is 18.7 Å². The van der Waals surface area contributed by atoms with Gasteiger partial charge in [-0.1, -0.05) is 12.1 Å². The Kier molecular flexibility index (Phi) is 3.20. The Hall–Kier alpha value is -2.60. The minimum absolute atomic E-state index is 0.0639. The quantitative estimate of drug-likeness (QED) is 0.630. The number of nitro groups is 1. The standard InChI is InChI=1S/C17H16N2O4/c1-18-7-6-12-8-15-16(23-10-22-15)9-14(12)17(18)11-2-4-13(5-3-11)19(20)21/h2-5,8-9,17H,6-7,10H2,1H3. The predicted octanol–water partition coefficient (Wildman–Crippen LogP) is 2.90. The van der Waals surface area contributed by atoms with Crippen molar-refractivity contribution in [3.8, 4) is 11.5 Å². The molecule has 0 aliphatic carbocycles. The van der Waals surface area contributed by atoms with Crippen molar-refractivity contribution in [3.63, 3.8) is 0 Å². The number of rotatable bonds is 2. The minimum Gasteiger partial charge on any atom is -0.454 e. The van der Waals surface area contributed by atoms with E-state index < -0.39 is 0 Å². The van der Waals surface area contributed by atoms with Gasteiger partial charge in [0.2, 0.25) is 6.79 Å². The van der Waals surface area contributed by atoms with Crippen molar-refractivity contribution >= 4 is 5.69 Å². The Labute approximate surface area is 133 Å². The highest BCUT2D eigenvalue weighted by Crippen LogP contribution is 2.42. The number of hydrogen-bond donors (Lipinski definition) is 0. The molecule has 2 aliphatic rings. The van der Waals surface area contributed by atoms with Crippen LogP contribution in [0.3, 0.4) is 0 Å². The lowest BCUT2D eigenvalue weighted by Crippen LogP contribution is -2.32. The van der Waals surface area contributed by atoms with Crippen molar-refractivity contribution in [1.29, 1.82) is 0 Å². The van der Waals surface area contributed by atoms with E-state index in [1.165, 1.54) is 11.1 Å². The Morgan fingerprint density at radius 1 is 1.17 bits per heavy atom. The van der Waals surface area contributed by atoms with Crippen molar-refractivity contribution in [2.45, 2.75) is 12.5 Å². The zero-order valence-corrected chi connectivity index (χ0v) is 12.7. The van der Waals surface area contributed by atoms with E-state index in [-0.39, 0.29) is 23.4 Å². The highest BCUT2D eigenvalue weighted by molar-refractivity contribution is 5.53. The van der Waals surface area contributed by atoms with Crippen molar-refractivity contribution in [1.82, 2.24) is 4.90 Å². The van der Waals surface area contributed by atoms with Gasteiger partial charge in [0.1, 0.15) is 0 Å². The van der Waals surface area contributed by atoms with Crippen LogP contribution >= 0.6 is 0 Å². The van der Waals surface area contributed by atoms with Gasteiger partial charge in [-0.15, -0.1) is 0 Å². The summed E-state index contributed by atoms with van der Waals surface area (Å²) in [6, 6.07) is 10.9. The predicted molar refractivity (Wildman–Crippen MR) is 83.8 cm³/mol. The van der Waals surface area contributed by atoms with Crippen molar-refractivity contribution in [3.05, 3.63) is 63.2 Å². The van der Waals surface area contributed by atoms with E-state index in [1.54, 1.807) is 12.1 Å². The molecule has 0 amide bonds. The van der Waals surface area contributed by atoms with E-state index in [0.717, 1.165) is 30.0 Å². The molecular weight excluding hydrogens is 296 g/mol. The van der Waals surface area contributed by atoms with Gasteiger partial charge in [0.15, 0.2) is 11.5 Å². The van der Waals surface area contributed by atoms with Crippen LogP contribution in [-0.2, 0) is 6.42 Å². The molecule has 118 valence electrons. The number of likely N-dealkylation sites (N-methyl/N-ethyl adjacent to an activating group) is 1. The first-order valence-corrected chi connectivity index (χ1v) is 7.50. The summed E-state index contributed by atoms with van der Waals surface area (Å²) in [5, 5.41) is 10.8. The fraction of sp³-hybridized carbons (Fsp3) is 0.294. The van der Waals surface area contributed by atoms with E-state index in [0.29, 0.717) is 0 Å². The first-order chi connectivity index (χ1) is 11.1. The minimum atomic E-state index is -0.375. The zero-order valence-electron chi connectivity index (χ0n) is 12.7. The summed E-state index contributed by atoms with van der Waals surface area (Å²) in [6.45, 7) is 1.19. The molecule has 0 bridgehead atoms. The first-order valence-electron chi connectivity index (χ1n) is 7.50. The lowest BCUT2D eigenvalue weighted by molar-refractivity contribution is -0.384. The van der Waals surface area contributed by atoms with Crippen LogP contribution in [0.25, 0.3) is 0 Å². The number of fused-ring (bicyclic) bond motifs is 2. The van der Waals surface area contributed by atoms with E-state index in [2.05, 4.69) is 18.0 Å². The molecule has 0 N–H and O–H groups in total. The molecule has 6 nitrogen and oxygen atoms in total. The van der Waals surface area contributed by atoms with Gasteiger partial charge >= 0.3 is 0 Å². The average molecular weight is 312 g/mol. The third-order valence-corrected chi connectivity index (χ3v) is 4.52. The van der Waals surface area contributed by atoms with Crippen LogP contribution in [0.5, 0.6) is 11.5 Å². The molecule has 4 rings (SSSR count). The molecule has 1 atom stereocenters. The summed E-state index contributed by atoms with van der Waals surface area (Å²) in [6.07, 6.45) is 0.950. The largest absolute Gasteiger partial charge is 0.454 e.